The monoisotopic (exact) mass is 313 g/mol. The Labute approximate surface area is 134 Å². The van der Waals surface area contributed by atoms with E-state index in [4.69, 9.17) is 15.2 Å². The molecular weight excluding hydrogens is 294 g/mol. The number of methoxy groups -OCH3 is 1. The molecule has 1 aromatic heterocycles. The second-order valence-corrected chi connectivity index (χ2v) is 5.42. The number of hydrogen-bond acceptors (Lipinski definition) is 5. The largest absolute Gasteiger partial charge is 0.492 e. The molecule has 0 saturated heterocycles. The first-order chi connectivity index (χ1) is 11.1. The summed E-state index contributed by atoms with van der Waals surface area (Å²) in [6, 6.07) is 7.58. The van der Waals surface area contributed by atoms with Crippen LogP contribution < -0.4 is 20.5 Å². The predicted molar refractivity (Wildman–Crippen MR) is 86.8 cm³/mol. The van der Waals surface area contributed by atoms with Gasteiger partial charge in [0.2, 0.25) is 5.88 Å². The van der Waals surface area contributed by atoms with E-state index in [2.05, 4.69) is 10.3 Å². The number of nitrogens with zero attached hydrogens (tertiary/aromatic N) is 1. The van der Waals surface area contributed by atoms with Crippen molar-refractivity contribution >= 4 is 5.91 Å². The summed E-state index contributed by atoms with van der Waals surface area (Å²) in [5.74, 6) is 0.890. The molecule has 0 radical (unpaired) electrons. The van der Waals surface area contributed by atoms with E-state index in [0.717, 1.165) is 28.9 Å². The molecule has 0 bridgehead atoms. The summed E-state index contributed by atoms with van der Waals surface area (Å²) in [4.78, 5) is 16.3. The number of fused-ring (bicyclic) bond motifs is 1. The van der Waals surface area contributed by atoms with Gasteiger partial charge in [-0.1, -0.05) is 12.1 Å². The van der Waals surface area contributed by atoms with Gasteiger partial charge in [-0.3, -0.25) is 4.79 Å². The van der Waals surface area contributed by atoms with E-state index in [-0.39, 0.29) is 11.9 Å². The number of carbonyl (C=O) groups is 1. The van der Waals surface area contributed by atoms with Gasteiger partial charge >= 0.3 is 0 Å². The number of hydrogen-bond donors (Lipinski definition) is 2. The summed E-state index contributed by atoms with van der Waals surface area (Å²) in [7, 11) is 3.07. The van der Waals surface area contributed by atoms with Crippen molar-refractivity contribution in [3.63, 3.8) is 0 Å². The summed E-state index contributed by atoms with van der Waals surface area (Å²) in [5.41, 5.74) is 9.26. The number of nitrogens with one attached hydrogen (secondary N) is 1. The molecule has 1 aliphatic heterocycles. The standard InChI is InChI=1S/C17H19N3O3/c1-19-16(21)14-6-10(8-20-17(14)22-2)12-4-3-5-15-13(12)7-11(18)9-23-15/h3-6,8,11H,7,9,18H2,1-2H3,(H,19,21)/t11-/m0/s1. The van der Waals surface area contributed by atoms with Gasteiger partial charge in [-0.25, -0.2) is 4.98 Å². The molecule has 2 heterocycles. The number of ether oxygens (including phenoxy) is 2. The van der Waals surface area contributed by atoms with Crippen molar-refractivity contribution in [3.05, 3.63) is 41.6 Å². The molecule has 3 N–H and O–H groups in total. The maximum atomic E-state index is 12.0. The van der Waals surface area contributed by atoms with Gasteiger partial charge in [0.05, 0.1) is 7.11 Å². The fourth-order valence-electron chi connectivity index (χ4n) is 2.76. The minimum absolute atomic E-state index is 0.0340. The molecule has 2 aromatic rings. The van der Waals surface area contributed by atoms with Crippen molar-refractivity contribution in [1.29, 1.82) is 0 Å². The normalized spacial score (nSPS) is 16.2. The van der Waals surface area contributed by atoms with Gasteiger partial charge < -0.3 is 20.5 Å². The maximum absolute atomic E-state index is 12.0. The van der Waals surface area contributed by atoms with Crippen LogP contribution in [-0.4, -0.2) is 37.7 Å². The summed E-state index contributed by atoms with van der Waals surface area (Å²) in [6.45, 7) is 0.515. The highest BCUT2D eigenvalue weighted by Crippen LogP contribution is 2.35. The molecule has 1 atom stereocenters. The Bertz CT molecular complexity index is 746. The fraction of sp³-hybridized carbons (Fsp3) is 0.294. The van der Waals surface area contributed by atoms with Gasteiger partial charge in [-0.05, 0) is 24.1 Å². The smallest absolute Gasteiger partial charge is 0.256 e. The van der Waals surface area contributed by atoms with Gasteiger partial charge in [0.15, 0.2) is 0 Å². The molecule has 23 heavy (non-hydrogen) atoms. The van der Waals surface area contributed by atoms with E-state index in [1.165, 1.54) is 7.11 Å². The van der Waals surface area contributed by atoms with Crippen LogP contribution in [0.1, 0.15) is 15.9 Å². The molecule has 1 aliphatic rings. The highest BCUT2D eigenvalue weighted by molar-refractivity contribution is 5.97. The Balaban J connectivity index is 2.11. The van der Waals surface area contributed by atoms with Crippen LogP contribution in [0.5, 0.6) is 11.6 Å². The lowest BCUT2D eigenvalue weighted by atomic mass is 9.93. The van der Waals surface area contributed by atoms with Crippen molar-refractivity contribution in [2.45, 2.75) is 12.5 Å². The minimum atomic E-state index is -0.242. The van der Waals surface area contributed by atoms with Crippen molar-refractivity contribution in [3.8, 4) is 22.8 Å². The average Bonchev–Trinajstić information content (AvgIpc) is 2.60. The third-order valence-electron chi connectivity index (χ3n) is 3.88. The van der Waals surface area contributed by atoms with E-state index in [1.54, 1.807) is 19.3 Å². The number of carbonyl (C=O) groups excluding carboxylic acids is 1. The Kier molecular flexibility index (Phi) is 4.16. The topological polar surface area (TPSA) is 86.5 Å². The SMILES string of the molecule is CNC(=O)c1cc(-c2cccc3c2C[C@H](N)CO3)cnc1OC. The van der Waals surface area contributed by atoms with Gasteiger partial charge in [0.25, 0.3) is 5.91 Å². The first-order valence-electron chi connectivity index (χ1n) is 7.40. The maximum Gasteiger partial charge on any atom is 0.256 e. The van der Waals surface area contributed by atoms with E-state index >= 15 is 0 Å². The third kappa shape index (κ3) is 2.85. The minimum Gasteiger partial charge on any atom is -0.492 e. The van der Waals surface area contributed by atoms with Crippen molar-refractivity contribution < 1.29 is 14.3 Å². The molecule has 0 saturated carbocycles. The van der Waals surface area contributed by atoms with E-state index in [1.807, 2.05) is 18.2 Å². The third-order valence-corrected chi connectivity index (χ3v) is 3.88. The van der Waals surface area contributed by atoms with Crippen LogP contribution in [0.25, 0.3) is 11.1 Å². The number of pyridine rings is 1. The van der Waals surface area contributed by atoms with Crippen LogP contribution in [0.3, 0.4) is 0 Å². The summed E-state index contributed by atoms with van der Waals surface area (Å²) in [5, 5.41) is 2.60. The molecule has 0 aliphatic carbocycles. The number of benzene rings is 1. The zero-order chi connectivity index (χ0) is 16.4. The van der Waals surface area contributed by atoms with Crippen LogP contribution in [0.2, 0.25) is 0 Å². The zero-order valence-corrected chi connectivity index (χ0v) is 13.1. The van der Waals surface area contributed by atoms with Crippen LogP contribution >= 0.6 is 0 Å². The van der Waals surface area contributed by atoms with Gasteiger partial charge in [-0.15, -0.1) is 0 Å². The molecule has 6 heteroatoms. The van der Waals surface area contributed by atoms with Gasteiger partial charge in [-0.2, -0.15) is 0 Å². The number of amides is 1. The van der Waals surface area contributed by atoms with E-state index < -0.39 is 0 Å². The Morgan fingerprint density at radius 3 is 3.04 bits per heavy atom. The molecule has 3 rings (SSSR count). The highest BCUT2D eigenvalue weighted by atomic mass is 16.5. The lowest BCUT2D eigenvalue weighted by Crippen LogP contribution is -2.34. The van der Waals surface area contributed by atoms with Crippen LogP contribution in [0.4, 0.5) is 0 Å². The molecule has 0 spiro atoms. The van der Waals surface area contributed by atoms with Crippen molar-refractivity contribution in [2.75, 3.05) is 20.8 Å². The van der Waals surface area contributed by atoms with Crippen molar-refractivity contribution in [2.24, 2.45) is 5.73 Å². The Morgan fingerprint density at radius 1 is 1.48 bits per heavy atom. The van der Waals surface area contributed by atoms with Gasteiger partial charge in [0, 0.05) is 30.4 Å². The molecule has 120 valence electrons. The average molecular weight is 313 g/mol. The predicted octanol–water partition coefficient (Wildman–Crippen LogP) is 1.38. The first-order valence-corrected chi connectivity index (χ1v) is 7.40. The Morgan fingerprint density at radius 2 is 2.30 bits per heavy atom. The molecule has 1 aromatic carbocycles. The highest BCUT2D eigenvalue weighted by Gasteiger charge is 2.21. The number of nitrogens with two attached hydrogens (primary N) is 1. The quantitative estimate of drug-likeness (QED) is 0.894. The lowest BCUT2D eigenvalue weighted by molar-refractivity contribution is 0.0959. The van der Waals surface area contributed by atoms with Crippen LogP contribution in [-0.2, 0) is 6.42 Å². The van der Waals surface area contributed by atoms with E-state index in [9.17, 15) is 4.79 Å². The second-order valence-electron chi connectivity index (χ2n) is 5.42. The zero-order valence-electron chi connectivity index (χ0n) is 13.1. The first kappa shape index (κ1) is 15.3. The number of rotatable bonds is 3. The number of aromatic nitrogens is 1. The van der Waals surface area contributed by atoms with Crippen LogP contribution in [0.15, 0.2) is 30.5 Å². The summed E-state index contributed by atoms with van der Waals surface area (Å²) < 4.78 is 10.9. The summed E-state index contributed by atoms with van der Waals surface area (Å²) in [6.07, 6.45) is 2.42. The lowest BCUT2D eigenvalue weighted by Gasteiger charge is -2.24. The van der Waals surface area contributed by atoms with Crippen molar-refractivity contribution in [1.82, 2.24) is 10.3 Å². The summed E-state index contributed by atoms with van der Waals surface area (Å²) >= 11 is 0. The molecule has 6 nitrogen and oxygen atoms in total. The Hall–Kier alpha value is -2.60. The molecule has 0 fully saturated rings. The van der Waals surface area contributed by atoms with E-state index in [0.29, 0.717) is 18.1 Å². The fourth-order valence-corrected chi connectivity index (χ4v) is 2.76. The second kappa shape index (κ2) is 6.26. The van der Waals surface area contributed by atoms with Crippen LogP contribution in [0, 0.1) is 0 Å². The molecular formula is C17H19N3O3. The van der Waals surface area contributed by atoms with Gasteiger partial charge in [0.1, 0.15) is 17.9 Å². The molecule has 0 unspecified atom stereocenters. The molecule has 1 amide bonds.